The number of rotatable bonds is 4. The summed E-state index contributed by atoms with van der Waals surface area (Å²) in [6.45, 7) is 3.53. The summed E-state index contributed by atoms with van der Waals surface area (Å²) in [4.78, 5) is 18.6. The molecule has 1 fully saturated rings. The second kappa shape index (κ2) is 8.57. The molecule has 0 unspecified atom stereocenters. The lowest BCUT2D eigenvalue weighted by molar-refractivity contribution is 0.0691. The number of carbonyl (C=O) groups excluding carboxylic acids is 1. The van der Waals surface area contributed by atoms with E-state index < -0.39 is 15.6 Å². The Morgan fingerprint density at radius 1 is 1.11 bits per heavy atom. The van der Waals surface area contributed by atoms with Crippen LogP contribution in [-0.2, 0) is 15.6 Å². The van der Waals surface area contributed by atoms with Crippen molar-refractivity contribution in [1.82, 2.24) is 9.88 Å². The fourth-order valence-corrected chi connectivity index (χ4v) is 5.39. The zero-order valence-electron chi connectivity index (χ0n) is 15.2. The minimum atomic E-state index is -3.82. The Kier molecular flexibility index (Phi) is 6.54. The first-order chi connectivity index (χ1) is 13.2. The van der Waals surface area contributed by atoms with E-state index in [4.69, 9.17) is 34.8 Å². The average Bonchev–Trinajstić information content (AvgIpc) is 2.64. The fourth-order valence-electron chi connectivity index (χ4n) is 3.07. The zero-order chi connectivity index (χ0) is 20.5. The molecule has 1 amide bonds. The van der Waals surface area contributed by atoms with Crippen LogP contribution >= 0.6 is 34.8 Å². The molecule has 1 aliphatic rings. The molecule has 150 valence electrons. The molecule has 1 aliphatic heterocycles. The van der Waals surface area contributed by atoms with Crippen molar-refractivity contribution < 1.29 is 13.2 Å². The fraction of sp³-hybridized carbons (Fsp3) is 0.368. The first-order valence-electron chi connectivity index (χ1n) is 8.80. The molecule has 0 spiro atoms. The summed E-state index contributed by atoms with van der Waals surface area (Å²) in [5, 5.41) is 0.261. The monoisotopic (exact) mass is 460 g/mol. The molecule has 3 rings (SSSR count). The van der Waals surface area contributed by atoms with E-state index in [9.17, 15) is 13.2 Å². The van der Waals surface area contributed by atoms with Crippen molar-refractivity contribution in [1.29, 1.82) is 0 Å². The van der Waals surface area contributed by atoms with Gasteiger partial charge in [0.2, 0.25) is 0 Å². The zero-order valence-corrected chi connectivity index (χ0v) is 18.2. The first kappa shape index (κ1) is 21.4. The molecule has 1 aromatic heterocycles. The number of piperidine rings is 1. The van der Waals surface area contributed by atoms with Gasteiger partial charge in [-0.05, 0) is 43.0 Å². The summed E-state index contributed by atoms with van der Waals surface area (Å²) in [6.07, 6.45) is 1.91. The van der Waals surface area contributed by atoms with Gasteiger partial charge in [-0.15, -0.1) is 0 Å². The Balaban J connectivity index is 1.83. The third-order valence-electron chi connectivity index (χ3n) is 4.74. The normalized spacial score (nSPS) is 15.6. The number of halogens is 3. The van der Waals surface area contributed by atoms with E-state index in [1.165, 1.54) is 12.1 Å². The molecule has 0 aliphatic carbocycles. The summed E-state index contributed by atoms with van der Waals surface area (Å²) in [7, 11) is -3.82. The van der Waals surface area contributed by atoms with E-state index in [0.717, 1.165) is 12.8 Å². The summed E-state index contributed by atoms with van der Waals surface area (Å²) in [5.41, 5.74) is 0.501. The Bertz CT molecular complexity index is 1000. The number of likely N-dealkylation sites (tertiary alicyclic amines) is 1. The minimum Gasteiger partial charge on any atom is -0.337 e. The number of aromatic nitrogens is 1. The van der Waals surface area contributed by atoms with Gasteiger partial charge in [0.1, 0.15) is 5.69 Å². The molecule has 1 saturated heterocycles. The molecule has 28 heavy (non-hydrogen) atoms. The van der Waals surface area contributed by atoms with E-state index in [1.807, 2.05) is 0 Å². The molecule has 9 heteroatoms. The molecule has 2 heterocycles. The van der Waals surface area contributed by atoms with E-state index in [1.54, 1.807) is 23.1 Å². The van der Waals surface area contributed by atoms with Crippen molar-refractivity contribution in [2.45, 2.75) is 30.4 Å². The molecule has 0 N–H and O–H groups in total. The second-order valence-electron chi connectivity index (χ2n) is 6.94. The smallest absolute Gasteiger partial charge is 0.272 e. The van der Waals surface area contributed by atoms with Gasteiger partial charge in [0, 0.05) is 13.1 Å². The number of benzene rings is 1. The van der Waals surface area contributed by atoms with Crippen LogP contribution in [0.4, 0.5) is 0 Å². The maximum absolute atomic E-state index is 12.8. The molecule has 5 nitrogen and oxygen atoms in total. The first-order valence-corrected chi connectivity index (χ1v) is 11.6. The predicted molar refractivity (Wildman–Crippen MR) is 111 cm³/mol. The highest BCUT2D eigenvalue weighted by atomic mass is 35.5. The number of carbonyl (C=O) groups is 1. The third-order valence-corrected chi connectivity index (χ3v) is 7.58. The van der Waals surface area contributed by atoms with E-state index in [-0.39, 0.29) is 37.3 Å². The Morgan fingerprint density at radius 3 is 2.43 bits per heavy atom. The van der Waals surface area contributed by atoms with Gasteiger partial charge in [-0.1, -0.05) is 47.8 Å². The van der Waals surface area contributed by atoms with Crippen LogP contribution in [0, 0.1) is 5.92 Å². The quantitative estimate of drug-likeness (QED) is 0.608. The number of hydrogen-bond donors (Lipinski definition) is 0. The molecule has 0 atom stereocenters. The molecular formula is C19H19Cl3N2O3S. The molecule has 0 saturated carbocycles. The highest BCUT2D eigenvalue weighted by Crippen LogP contribution is 2.33. The maximum atomic E-state index is 12.8. The van der Waals surface area contributed by atoms with Crippen LogP contribution in [0.25, 0.3) is 0 Å². The average molecular weight is 462 g/mol. The summed E-state index contributed by atoms with van der Waals surface area (Å²) < 4.78 is 25.6. The number of amides is 1. The lowest BCUT2D eigenvalue weighted by atomic mass is 9.99. The number of hydrogen-bond acceptors (Lipinski definition) is 4. The van der Waals surface area contributed by atoms with Gasteiger partial charge in [-0.3, -0.25) is 4.79 Å². The SMILES string of the molecule is CC1CCN(C(=O)c2cccc(CS(=O)(=O)c3cc(Cl)c(Cl)cc3Cl)n2)CC1. The van der Waals surface area contributed by atoms with Crippen LogP contribution in [-0.4, -0.2) is 37.3 Å². The Morgan fingerprint density at radius 2 is 1.75 bits per heavy atom. The highest BCUT2D eigenvalue weighted by Gasteiger charge is 2.24. The van der Waals surface area contributed by atoms with Gasteiger partial charge in [0.05, 0.1) is 31.4 Å². The molecule has 2 aromatic rings. The largest absolute Gasteiger partial charge is 0.337 e. The van der Waals surface area contributed by atoms with Crippen LogP contribution in [0.3, 0.4) is 0 Å². The van der Waals surface area contributed by atoms with E-state index in [0.29, 0.717) is 19.0 Å². The van der Waals surface area contributed by atoms with Gasteiger partial charge in [0.15, 0.2) is 9.84 Å². The van der Waals surface area contributed by atoms with Crippen LogP contribution in [0.5, 0.6) is 0 Å². The highest BCUT2D eigenvalue weighted by molar-refractivity contribution is 7.90. The molecule has 0 bridgehead atoms. The molecular weight excluding hydrogens is 443 g/mol. The van der Waals surface area contributed by atoms with Crippen LogP contribution < -0.4 is 0 Å². The maximum Gasteiger partial charge on any atom is 0.272 e. The van der Waals surface area contributed by atoms with Crippen molar-refractivity contribution in [3.8, 4) is 0 Å². The summed E-state index contributed by atoms with van der Waals surface area (Å²) in [5.74, 6) is 0.0196. The van der Waals surface area contributed by atoms with Crippen molar-refractivity contribution in [2.24, 2.45) is 5.92 Å². The van der Waals surface area contributed by atoms with Crippen LogP contribution in [0.2, 0.25) is 15.1 Å². The van der Waals surface area contributed by atoms with Crippen LogP contribution in [0.1, 0.15) is 35.9 Å². The predicted octanol–water partition coefficient (Wildman–Crippen LogP) is 4.89. The molecule has 1 aromatic carbocycles. The summed E-state index contributed by atoms with van der Waals surface area (Å²) in [6, 6.07) is 7.32. The standard InChI is InChI=1S/C19H19Cl3N2O3S/c1-12-5-7-24(8-6-12)19(25)17-4-2-3-13(23-17)11-28(26,27)18-10-15(21)14(20)9-16(18)22/h2-4,9-10,12H,5-8,11H2,1H3. The van der Waals surface area contributed by atoms with Gasteiger partial charge in [0.25, 0.3) is 5.91 Å². The summed E-state index contributed by atoms with van der Waals surface area (Å²) >= 11 is 17.8. The van der Waals surface area contributed by atoms with Crippen molar-refractivity contribution >= 4 is 50.5 Å². The van der Waals surface area contributed by atoms with Crippen LogP contribution in [0.15, 0.2) is 35.2 Å². The van der Waals surface area contributed by atoms with E-state index in [2.05, 4.69) is 11.9 Å². The topological polar surface area (TPSA) is 67.3 Å². The Labute approximate surface area is 179 Å². The minimum absolute atomic E-state index is 0.0101. The van der Waals surface area contributed by atoms with E-state index >= 15 is 0 Å². The number of pyridine rings is 1. The van der Waals surface area contributed by atoms with Gasteiger partial charge < -0.3 is 4.90 Å². The van der Waals surface area contributed by atoms with Gasteiger partial charge in [-0.25, -0.2) is 13.4 Å². The third kappa shape index (κ3) is 4.79. The van der Waals surface area contributed by atoms with Crippen molar-refractivity contribution in [3.05, 3.63) is 56.8 Å². The number of nitrogens with zero attached hydrogens (tertiary/aromatic N) is 2. The van der Waals surface area contributed by atoms with Crippen molar-refractivity contribution in [2.75, 3.05) is 13.1 Å². The molecule has 0 radical (unpaired) electrons. The number of sulfone groups is 1. The second-order valence-corrected chi connectivity index (χ2v) is 10.1. The lowest BCUT2D eigenvalue weighted by Gasteiger charge is -2.30. The van der Waals surface area contributed by atoms with Crippen molar-refractivity contribution in [3.63, 3.8) is 0 Å². The lowest BCUT2D eigenvalue weighted by Crippen LogP contribution is -2.38. The van der Waals surface area contributed by atoms with Gasteiger partial charge in [-0.2, -0.15) is 0 Å². The van der Waals surface area contributed by atoms with Gasteiger partial charge >= 0.3 is 0 Å². The Hall–Kier alpha value is -1.34.